The van der Waals surface area contributed by atoms with Gasteiger partial charge in [-0.2, -0.15) is 0 Å². The Morgan fingerprint density at radius 2 is 1.00 bits per heavy atom. The van der Waals surface area contributed by atoms with Gasteiger partial charge in [0.1, 0.15) is 0 Å². The summed E-state index contributed by atoms with van der Waals surface area (Å²) in [5.41, 5.74) is 0. The lowest BCUT2D eigenvalue weighted by Gasteiger charge is -2.32. The van der Waals surface area contributed by atoms with Crippen LogP contribution in [0.2, 0.25) is 0 Å². The van der Waals surface area contributed by atoms with Crippen molar-refractivity contribution in [3.05, 3.63) is 0 Å². The summed E-state index contributed by atoms with van der Waals surface area (Å²) in [6, 6.07) is 0.648. The molecule has 3 aliphatic carbocycles. The van der Waals surface area contributed by atoms with Crippen LogP contribution in [0, 0.1) is 11.8 Å². The maximum absolute atomic E-state index is 12.7. The monoisotopic (exact) mass is 490 g/mol. The number of rotatable bonds is 4. The molecule has 0 aliphatic heterocycles. The molecule has 2 amide bonds. The second-order valence-corrected chi connectivity index (χ2v) is 11.1. The molecule has 3 saturated carbocycles. The summed E-state index contributed by atoms with van der Waals surface area (Å²) in [5.74, 6) is 0.389. The molecule has 148 valence electrons. The predicted octanol–water partition coefficient (Wildman–Crippen LogP) is 4.44. The third-order valence-electron chi connectivity index (χ3n) is 6.42. The van der Waals surface area contributed by atoms with Gasteiger partial charge in [0.05, 0.1) is 0 Å². The molecule has 0 spiro atoms. The zero-order chi connectivity index (χ0) is 18.5. The van der Waals surface area contributed by atoms with Gasteiger partial charge in [0.2, 0.25) is 11.8 Å². The van der Waals surface area contributed by atoms with Crippen molar-refractivity contribution in [2.75, 3.05) is 0 Å². The molecule has 2 N–H and O–H groups in total. The summed E-state index contributed by atoms with van der Waals surface area (Å²) in [7, 11) is 0. The van der Waals surface area contributed by atoms with Gasteiger partial charge in [0, 0.05) is 33.6 Å². The van der Waals surface area contributed by atoms with E-state index in [1.54, 1.807) is 0 Å². The van der Waals surface area contributed by atoms with Crippen LogP contribution in [-0.4, -0.2) is 33.6 Å². The highest BCUT2D eigenvalue weighted by Crippen LogP contribution is 2.31. The number of halogens is 2. The molecule has 4 nitrogen and oxygen atoms in total. The largest absolute Gasteiger partial charge is 0.353 e. The first-order chi connectivity index (χ1) is 12.5. The predicted molar refractivity (Wildman–Crippen MR) is 112 cm³/mol. The van der Waals surface area contributed by atoms with Crippen LogP contribution in [0.25, 0.3) is 0 Å². The number of hydrogen-bond donors (Lipinski definition) is 2. The summed E-state index contributed by atoms with van der Waals surface area (Å²) in [6.45, 7) is 0. The van der Waals surface area contributed by atoms with Crippen molar-refractivity contribution in [1.29, 1.82) is 0 Å². The maximum Gasteiger partial charge on any atom is 0.223 e. The van der Waals surface area contributed by atoms with Crippen LogP contribution < -0.4 is 10.6 Å². The second-order valence-electron chi connectivity index (χ2n) is 8.48. The van der Waals surface area contributed by atoms with E-state index in [9.17, 15) is 9.59 Å². The summed E-state index contributed by atoms with van der Waals surface area (Å²) in [5, 5.41) is 6.52. The van der Waals surface area contributed by atoms with E-state index < -0.39 is 0 Å². The van der Waals surface area contributed by atoms with E-state index in [1.165, 1.54) is 0 Å². The van der Waals surface area contributed by atoms with Crippen molar-refractivity contribution in [3.63, 3.8) is 0 Å². The van der Waals surface area contributed by atoms with E-state index in [-0.39, 0.29) is 23.7 Å². The topological polar surface area (TPSA) is 58.2 Å². The van der Waals surface area contributed by atoms with E-state index >= 15 is 0 Å². The molecule has 0 aromatic heterocycles. The molecule has 3 aliphatic rings. The Bertz CT molecular complexity index is 444. The molecular weight excluding hydrogens is 460 g/mol. The minimum atomic E-state index is 0.0134. The quantitative estimate of drug-likeness (QED) is 0.571. The minimum Gasteiger partial charge on any atom is -0.353 e. The molecule has 0 saturated heterocycles. The van der Waals surface area contributed by atoms with Crippen LogP contribution in [0.15, 0.2) is 0 Å². The Kier molecular flexibility index (Phi) is 7.86. The first kappa shape index (κ1) is 20.6. The van der Waals surface area contributed by atoms with Crippen molar-refractivity contribution in [1.82, 2.24) is 10.6 Å². The third kappa shape index (κ3) is 5.95. The highest BCUT2D eigenvalue weighted by atomic mass is 79.9. The Hall–Kier alpha value is -0.100. The summed E-state index contributed by atoms with van der Waals surface area (Å²) in [4.78, 5) is 26.6. The summed E-state index contributed by atoms with van der Waals surface area (Å²) in [6.07, 6.45) is 12.4. The number of amides is 2. The standard InChI is InChI=1S/C20H32Br2N2O2/c21-15-4-8-17(9-5-15)23-19(25)13-2-1-3-14(12-13)20(26)24-18-10-6-16(22)7-11-18/h13-18H,1-12H2,(H,23,25)(H,24,26). The fourth-order valence-electron chi connectivity index (χ4n) is 4.70. The van der Waals surface area contributed by atoms with Crippen molar-refractivity contribution in [3.8, 4) is 0 Å². The number of nitrogens with one attached hydrogen (secondary N) is 2. The van der Waals surface area contributed by atoms with Gasteiger partial charge < -0.3 is 10.6 Å². The lowest BCUT2D eigenvalue weighted by atomic mass is 9.80. The number of carbonyl (C=O) groups excluding carboxylic acids is 2. The van der Waals surface area contributed by atoms with Crippen LogP contribution >= 0.6 is 31.9 Å². The summed E-state index contributed by atoms with van der Waals surface area (Å²) >= 11 is 7.33. The first-order valence-electron chi connectivity index (χ1n) is 10.4. The molecule has 6 heteroatoms. The van der Waals surface area contributed by atoms with Gasteiger partial charge in [-0.15, -0.1) is 0 Å². The van der Waals surface area contributed by atoms with Crippen LogP contribution in [0.5, 0.6) is 0 Å². The van der Waals surface area contributed by atoms with Gasteiger partial charge in [0.15, 0.2) is 0 Å². The highest BCUT2D eigenvalue weighted by Gasteiger charge is 2.33. The Balaban J connectivity index is 1.44. The molecule has 0 aromatic carbocycles. The fraction of sp³-hybridized carbons (Fsp3) is 0.900. The molecular formula is C20H32Br2N2O2. The van der Waals surface area contributed by atoms with Gasteiger partial charge in [-0.1, -0.05) is 38.3 Å². The Morgan fingerprint density at radius 1 is 0.615 bits per heavy atom. The van der Waals surface area contributed by atoms with E-state index in [4.69, 9.17) is 0 Å². The van der Waals surface area contributed by atoms with Crippen molar-refractivity contribution >= 4 is 43.7 Å². The molecule has 3 fully saturated rings. The van der Waals surface area contributed by atoms with E-state index in [1.807, 2.05) is 0 Å². The zero-order valence-corrected chi connectivity index (χ0v) is 18.7. The second kappa shape index (κ2) is 9.90. The molecule has 0 aromatic rings. The van der Waals surface area contributed by atoms with Gasteiger partial charge >= 0.3 is 0 Å². The number of hydrogen-bond acceptors (Lipinski definition) is 2. The number of alkyl halides is 2. The van der Waals surface area contributed by atoms with Gasteiger partial charge in [-0.05, 0) is 70.6 Å². The smallest absolute Gasteiger partial charge is 0.223 e. The molecule has 0 bridgehead atoms. The molecule has 2 unspecified atom stereocenters. The molecule has 26 heavy (non-hydrogen) atoms. The molecule has 0 radical (unpaired) electrons. The van der Waals surface area contributed by atoms with Crippen LogP contribution in [-0.2, 0) is 9.59 Å². The van der Waals surface area contributed by atoms with Crippen LogP contribution in [0.1, 0.15) is 77.0 Å². The maximum atomic E-state index is 12.7. The average Bonchev–Trinajstić information content (AvgIpc) is 2.65. The molecule has 0 heterocycles. The fourth-order valence-corrected chi connectivity index (χ4v) is 5.76. The summed E-state index contributed by atoms with van der Waals surface area (Å²) < 4.78 is 0. The van der Waals surface area contributed by atoms with E-state index in [0.717, 1.165) is 77.0 Å². The normalized spacial score (nSPS) is 38.4. The Morgan fingerprint density at radius 3 is 1.38 bits per heavy atom. The van der Waals surface area contributed by atoms with Gasteiger partial charge in [-0.3, -0.25) is 9.59 Å². The van der Waals surface area contributed by atoms with E-state index in [0.29, 0.717) is 21.7 Å². The van der Waals surface area contributed by atoms with Crippen LogP contribution in [0.3, 0.4) is 0 Å². The van der Waals surface area contributed by atoms with Crippen molar-refractivity contribution in [2.24, 2.45) is 11.8 Å². The Labute approximate surface area is 174 Å². The van der Waals surface area contributed by atoms with Gasteiger partial charge in [0.25, 0.3) is 0 Å². The minimum absolute atomic E-state index is 0.0134. The zero-order valence-electron chi connectivity index (χ0n) is 15.5. The lowest BCUT2D eigenvalue weighted by Crippen LogP contribution is -2.45. The van der Waals surface area contributed by atoms with E-state index in [2.05, 4.69) is 42.5 Å². The van der Waals surface area contributed by atoms with Crippen molar-refractivity contribution in [2.45, 2.75) is 98.8 Å². The molecule has 2 atom stereocenters. The highest BCUT2D eigenvalue weighted by molar-refractivity contribution is 9.09. The van der Waals surface area contributed by atoms with Gasteiger partial charge in [-0.25, -0.2) is 0 Å². The average molecular weight is 492 g/mol. The third-order valence-corrected chi connectivity index (χ3v) is 8.25. The SMILES string of the molecule is O=C(NC1CCC(Br)CC1)C1CCCC(C(=O)NC2CCC(Br)CC2)C1. The number of carbonyl (C=O) groups is 2. The first-order valence-corrected chi connectivity index (χ1v) is 12.2. The lowest BCUT2D eigenvalue weighted by molar-refractivity contribution is -0.131. The van der Waals surface area contributed by atoms with Crippen molar-refractivity contribution < 1.29 is 9.59 Å². The molecule has 3 rings (SSSR count). The van der Waals surface area contributed by atoms with Crippen LogP contribution in [0.4, 0.5) is 0 Å².